The second-order valence-electron chi connectivity index (χ2n) is 4.74. The number of likely N-dealkylation sites (tertiary alicyclic amines) is 1. The highest BCUT2D eigenvalue weighted by atomic mass is 35.5. The molecule has 0 aliphatic carbocycles. The van der Waals surface area contributed by atoms with Gasteiger partial charge in [0.05, 0.1) is 18.1 Å². The summed E-state index contributed by atoms with van der Waals surface area (Å²) in [4.78, 5) is 11.0. The largest absolute Gasteiger partial charge is 0.295 e. The molecular weight excluding hydrogens is 234 g/mol. The minimum atomic E-state index is 0.470. The van der Waals surface area contributed by atoms with Crippen molar-refractivity contribution in [2.75, 3.05) is 6.54 Å². The van der Waals surface area contributed by atoms with Crippen LogP contribution in [0, 0.1) is 0 Å². The van der Waals surface area contributed by atoms with E-state index >= 15 is 0 Å². The van der Waals surface area contributed by atoms with Crippen molar-refractivity contribution in [1.29, 1.82) is 0 Å². The molecule has 4 heteroatoms. The molecule has 0 aromatic carbocycles. The lowest BCUT2D eigenvalue weighted by molar-refractivity contribution is 0.130. The fourth-order valence-electron chi connectivity index (χ4n) is 2.56. The Balaban J connectivity index is 1.97. The molecule has 0 N–H and O–H groups in total. The molecule has 17 heavy (non-hydrogen) atoms. The zero-order chi connectivity index (χ0) is 12.1. The minimum absolute atomic E-state index is 0.470. The zero-order valence-corrected chi connectivity index (χ0v) is 11.2. The Hall–Kier alpha value is -0.670. The maximum atomic E-state index is 5.75. The van der Waals surface area contributed by atoms with Gasteiger partial charge < -0.3 is 0 Å². The van der Waals surface area contributed by atoms with E-state index in [9.17, 15) is 0 Å². The van der Waals surface area contributed by atoms with Crippen molar-refractivity contribution in [3.63, 3.8) is 0 Å². The molecule has 1 aromatic rings. The number of hydrogen-bond acceptors (Lipinski definition) is 3. The molecule has 1 aliphatic heterocycles. The summed E-state index contributed by atoms with van der Waals surface area (Å²) < 4.78 is 0. The summed E-state index contributed by atoms with van der Waals surface area (Å²) in [5, 5.41) is 0.470. The van der Waals surface area contributed by atoms with Crippen molar-refractivity contribution in [3.8, 4) is 0 Å². The number of piperidine rings is 1. The first-order valence-corrected chi connectivity index (χ1v) is 6.88. The van der Waals surface area contributed by atoms with Gasteiger partial charge in [0.15, 0.2) is 0 Å². The molecule has 1 atom stereocenters. The van der Waals surface area contributed by atoms with Crippen molar-refractivity contribution in [3.05, 3.63) is 23.2 Å². The number of halogens is 1. The Bertz CT molecular complexity index is 337. The second kappa shape index (κ2) is 6.31. The molecule has 1 aromatic heterocycles. The standard InChI is InChI=1S/C13H20ClN3/c1-2-5-12-6-3-4-7-17(12)10-11-8-16-13(14)9-15-11/h8-9,12H,2-7,10H2,1H3. The molecule has 0 saturated carbocycles. The molecule has 94 valence electrons. The molecule has 1 unspecified atom stereocenters. The van der Waals surface area contributed by atoms with Gasteiger partial charge in [0, 0.05) is 12.6 Å². The minimum Gasteiger partial charge on any atom is -0.295 e. The van der Waals surface area contributed by atoms with Crippen LogP contribution >= 0.6 is 11.6 Å². The quantitative estimate of drug-likeness (QED) is 0.825. The van der Waals surface area contributed by atoms with Gasteiger partial charge >= 0.3 is 0 Å². The highest BCUT2D eigenvalue weighted by Gasteiger charge is 2.21. The van der Waals surface area contributed by atoms with Crippen LogP contribution in [-0.2, 0) is 6.54 Å². The Morgan fingerprint density at radius 3 is 2.94 bits per heavy atom. The van der Waals surface area contributed by atoms with Crippen LogP contribution < -0.4 is 0 Å². The smallest absolute Gasteiger partial charge is 0.147 e. The van der Waals surface area contributed by atoms with Gasteiger partial charge in [-0.2, -0.15) is 0 Å². The molecule has 1 aliphatic rings. The van der Waals surface area contributed by atoms with Crippen LogP contribution in [0.5, 0.6) is 0 Å². The van der Waals surface area contributed by atoms with E-state index in [1.165, 1.54) is 38.6 Å². The Kier molecular flexibility index (Phi) is 4.75. The topological polar surface area (TPSA) is 29.0 Å². The maximum Gasteiger partial charge on any atom is 0.147 e. The van der Waals surface area contributed by atoms with E-state index in [0.717, 1.165) is 18.3 Å². The normalized spacial score (nSPS) is 21.6. The van der Waals surface area contributed by atoms with Crippen molar-refractivity contribution in [2.24, 2.45) is 0 Å². The monoisotopic (exact) mass is 253 g/mol. The van der Waals surface area contributed by atoms with Crippen LogP contribution in [0.2, 0.25) is 5.15 Å². The van der Waals surface area contributed by atoms with E-state index in [1.54, 1.807) is 12.4 Å². The third-order valence-corrected chi connectivity index (χ3v) is 3.61. The van der Waals surface area contributed by atoms with Crippen molar-refractivity contribution in [2.45, 2.75) is 51.6 Å². The van der Waals surface area contributed by atoms with E-state index in [-0.39, 0.29) is 0 Å². The fraction of sp³-hybridized carbons (Fsp3) is 0.692. The SMILES string of the molecule is CCCC1CCCCN1Cc1cnc(Cl)cn1. The summed E-state index contributed by atoms with van der Waals surface area (Å²) in [7, 11) is 0. The Morgan fingerprint density at radius 1 is 1.35 bits per heavy atom. The molecule has 2 rings (SSSR count). The van der Waals surface area contributed by atoms with Crippen molar-refractivity contribution in [1.82, 2.24) is 14.9 Å². The van der Waals surface area contributed by atoms with Gasteiger partial charge in [-0.1, -0.05) is 31.4 Å². The average Bonchev–Trinajstić information content (AvgIpc) is 2.35. The lowest BCUT2D eigenvalue weighted by atomic mass is 9.98. The Morgan fingerprint density at radius 2 is 2.24 bits per heavy atom. The molecule has 0 radical (unpaired) electrons. The number of rotatable bonds is 4. The van der Waals surface area contributed by atoms with Gasteiger partial charge in [0.1, 0.15) is 5.15 Å². The fourth-order valence-corrected chi connectivity index (χ4v) is 2.65. The molecule has 1 saturated heterocycles. The van der Waals surface area contributed by atoms with Crippen LogP contribution in [0.15, 0.2) is 12.4 Å². The first-order chi connectivity index (χ1) is 8.29. The molecule has 2 heterocycles. The summed E-state index contributed by atoms with van der Waals surface area (Å²) in [5.74, 6) is 0. The van der Waals surface area contributed by atoms with Crippen LogP contribution in [0.1, 0.15) is 44.7 Å². The first kappa shape index (κ1) is 12.8. The average molecular weight is 254 g/mol. The lowest BCUT2D eigenvalue weighted by Gasteiger charge is -2.35. The highest BCUT2D eigenvalue weighted by molar-refractivity contribution is 6.29. The Labute approximate surface area is 108 Å². The van der Waals surface area contributed by atoms with E-state index in [4.69, 9.17) is 11.6 Å². The van der Waals surface area contributed by atoms with Crippen LogP contribution in [-0.4, -0.2) is 27.5 Å². The second-order valence-corrected chi connectivity index (χ2v) is 5.13. The molecule has 0 bridgehead atoms. The molecular formula is C13H20ClN3. The molecule has 0 amide bonds. The first-order valence-electron chi connectivity index (χ1n) is 6.50. The lowest BCUT2D eigenvalue weighted by Crippen LogP contribution is -2.39. The highest BCUT2D eigenvalue weighted by Crippen LogP contribution is 2.22. The van der Waals surface area contributed by atoms with E-state index < -0.39 is 0 Å². The van der Waals surface area contributed by atoms with Gasteiger partial charge in [-0.3, -0.25) is 9.88 Å². The van der Waals surface area contributed by atoms with Crippen LogP contribution in [0.3, 0.4) is 0 Å². The van der Waals surface area contributed by atoms with Crippen molar-refractivity contribution < 1.29 is 0 Å². The molecule has 1 fully saturated rings. The number of nitrogens with zero attached hydrogens (tertiary/aromatic N) is 3. The van der Waals surface area contributed by atoms with Gasteiger partial charge in [-0.15, -0.1) is 0 Å². The summed E-state index contributed by atoms with van der Waals surface area (Å²) >= 11 is 5.75. The van der Waals surface area contributed by atoms with Gasteiger partial charge in [-0.05, 0) is 25.8 Å². The third kappa shape index (κ3) is 3.65. The van der Waals surface area contributed by atoms with E-state index in [2.05, 4.69) is 21.8 Å². The third-order valence-electron chi connectivity index (χ3n) is 3.41. The summed E-state index contributed by atoms with van der Waals surface area (Å²) in [6.07, 6.45) is 9.98. The summed E-state index contributed by atoms with van der Waals surface area (Å²) in [5.41, 5.74) is 1.03. The van der Waals surface area contributed by atoms with Crippen LogP contribution in [0.4, 0.5) is 0 Å². The van der Waals surface area contributed by atoms with Crippen molar-refractivity contribution >= 4 is 11.6 Å². The van der Waals surface area contributed by atoms with Crippen LogP contribution in [0.25, 0.3) is 0 Å². The predicted octanol–water partition coefficient (Wildman–Crippen LogP) is 3.28. The number of hydrogen-bond donors (Lipinski definition) is 0. The summed E-state index contributed by atoms with van der Waals surface area (Å²) in [6.45, 7) is 4.36. The molecule has 0 spiro atoms. The van der Waals surface area contributed by atoms with E-state index in [1.807, 2.05) is 0 Å². The predicted molar refractivity (Wildman–Crippen MR) is 70.0 cm³/mol. The number of aromatic nitrogens is 2. The molecule has 3 nitrogen and oxygen atoms in total. The van der Waals surface area contributed by atoms with Gasteiger partial charge in [0.25, 0.3) is 0 Å². The van der Waals surface area contributed by atoms with Gasteiger partial charge in [-0.25, -0.2) is 4.98 Å². The van der Waals surface area contributed by atoms with E-state index in [0.29, 0.717) is 5.15 Å². The maximum absolute atomic E-state index is 5.75. The zero-order valence-electron chi connectivity index (χ0n) is 10.4. The summed E-state index contributed by atoms with van der Waals surface area (Å²) in [6, 6.07) is 0.728. The van der Waals surface area contributed by atoms with Gasteiger partial charge in [0.2, 0.25) is 0 Å².